The van der Waals surface area contributed by atoms with Crippen LogP contribution < -0.4 is 14.8 Å². The second-order valence-electron chi connectivity index (χ2n) is 7.65. The minimum atomic E-state index is -0.728. The molecule has 2 amide bonds. The maximum atomic E-state index is 13.5. The van der Waals surface area contributed by atoms with E-state index >= 15 is 0 Å². The topological polar surface area (TPSA) is 77.1 Å². The number of nitrogens with zero attached hydrogens (tertiary/aromatic N) is 1. The molecule has 1 aliphatic heterocycles. The van der Waals surface area contributed by atoms with Gasteiger partial charge in [0.05, 0.1) is 20.3 Å². The summed E-state index contributed by atoms with van der Waals surface area (Å²) in [5, 5.41) is 3.45. The average molecular weight is 461 g/mol. The predicted molar refractivity (Wildman–Crippen MR) is 122 cm³/mol. The summed E-state index contributed by atoms with van der Waals surface area (Å²) in [4.78, 5) is 28.0. The second kappa shape index (κ2) is 11.2. The average Bonchev–Trinajstić information content (AvgIpc) is 3.34. The maximum Gasteiger partial charge on any atom is 0.254 e. The summed E-state index contributed by atoms with van der Waals surface area (Å²) in [6, 6.07) is 11.5. The fourth-order valence-corrected chi connectivity index (χ4v) is 3.83. The fraction of sp³-hybridized carbons (Fsp3) is 0.417. The molecular weight excluding hydrogens is 432 g/mol. The van der Waals surface area contributed by atoms with Crippen molar-refractivity contribution in [1.82, 2.24) is 10.2 Å². The van der Waals surface area contributed by atoms with E-state index in [-0.39, 0.29) is 24.5 Å². The first-order valence-corrected chi connectivity index (χ1v) is 11.0. The van der Waals surface area contributed by atoms with Crippen LogP contribution >= 0.6 is 11.6 Å². The molecule has 1 N–H and O–H groups in total. The van der Waals surface area contributed by atoms with Gasteiger partial charge in [0.15, 0.2) is 11.5 Å². The van der Waals surface area contributed by atoms with E-state index in [1.165, 1.54) is 19.1 Å². The quantitative estimate of drug-likeness (QED) is 0.617. The van der Waals surface area contributed by atoms with E-state index in [0.29, 0.717) is 35.2 Å². The summed E-state index contributed by atoms with van der Waals surface area (Å²) in [5.41, 5.74) is 1.13. The normalized spacial score (nSPS) is 16.3. The molecule has 2 atom stereocenters. The SMILES string of the molecule is COc1ccc(C(=O)N(Cc2ccccc2Cl)[C@H](C)C(=O)NC[C@@H]2CCCO2)cc1OC. The number of hydrogen-bond donors (Lipinski definition) is 1. The lowest BCUT2D eigenvalue weighted by Gasteiger charge is -2.29. The number of methoxy groups -OCH3 is 2. The first-order valence-electron chi connectivity index (χ1n) is 10.6. The van der Waals surface area contributed by atoms with Crippen LogP contribution in [-0.4, -0.2) is 56.2 Å². The smallest absolute Gasteiger partial charge is 0.254 e. The Balaban J connectivity index is 1.84. The molecular formula is C24H29ClN2O5. The Bertz CT molecular complexity index is 946. The van der Waals surface area contributed by atoms with Gasteiger partial charge in [0, 0.05) is 30.3 Å². The van der Waals surface area contributed by atoms with Gasteiger partial charge in [-0.2, -0.15) is 0 Å². The lowest BCUT2D eigenvalue weighted by Crippen LogP contribution is -2.49. The highest BCUT2D eigenvalue weighted by Gasteiger charge is 2.29. The number of benzene rings is 2. The lowest BCUT2D eigenvalue weighted by molar-refractivity contribution is -0.125. The van der Waals surface area contributed by atoms with Gasteiger partial charge in [-0.25, -0.2) is 0 Å². The van der Waals surface area contributed by atoms with Gasteiger partial charge in [-0.3, -0.25) is 9.59 Å². The summed E-state index contributed by atoms with van der Waals surface area (Å²) in [6.45, 7) is 3.03. The number of carbonyl (C=O) groups is 2. The lowest BCUT2D eigenvalue weighted by atomic mass is 10.1. The summed E-state index contributed by atoms with van der Waals surface area (Å²) in [7, 11) is 3.04. The Labute approximate surface area is 193 Å². The van der Waals surface area contributed by atoms with Crippen LogP contribution in [0.1, 0.15) is 35.7 Å². The van der Waals surface area contributed by atoms with Crippen molar-refractivity contribution in [3.05, 3.63) is 58.6 Å². The first kappa shape index (κ1) is 23.9. The number of halogens is 1. The highest BCUT2D eigenvalue weighted by molar-refractivity contribution is 6.31. The zero-order valence-corrected chi connectivity index (χ0v) is 19.4. The van der Waals surface area contributed by atoms with E-state index in [2.05, 4.69) is 5.32 Å². The third-order valence-electron chi connectivity index (χ3n) is 5.56. The van der Waals surface area contributed by atoms with Crippen molar-refractivity contribution >= 4 is 23.4 Å². The van der Waals surface area contributed by atoms with Crippen molar-refractivity contribution in [1.29, 1.82) is 0 Å². The molecule has 8 heteroatoms. The van der Waals surface area contributed by atoms with Crippen molar-refractivity contribution in [3.8, 4) is 11.5 Å². The van der Waals surface area contributed by atoms with Crippen LogP contribution in [0.5, 0.6) is 11.5 Å². The molecule has 3 rings (SSSR count). The Hall–Kier alpha value is -2.77. The molecule has 0 spiro atoms. The van der Waals surface area contributed by atoms with Gasteiger partial charge < -0.3 is 24.4 Å². The zero-order chi connectivity index (χ0) is 23.1. The van der Waals surface area contributed by atoms with E-state index in [1.54, 1.807) is 31.2 Å². The van der Waals surface area contributed by atoms with Gasteiger partial charge in [-0.05, 0) is 49.6 Å². The third-order valence-corrected chi connectivity index (χ3v) is 5.93. The number of carbonyl (C=O) groups excluding carboxylic acids is 2. The van der Waals surface area contributed by atoms with Crippen molar-refractivity contribution < 1.29 is 23.8 Å². The Morgan fingerprint density at radius 3 is 2.59 bits per heavy atom. The van der Waals surface area contributed by atoms with Crippen LogP contribution in [0.15, 0.2) is 42.5 Å². The standard InChI is InChI=1S/C24H29ClN2O5/c1-16(23(28)26-14-19-8-6-12-32-19)27(15-18-7-4-5-9-20(18)25)24(29)17-10-11-21(30-2)22(13-17)31-3/h4-5,7,9-11,13,16,19H,6,8,12,14-15H2,1-3H3,(H,26,28)/t16-,19+/m1/s1. The Kier molecular flexibility index (Phi) is 8.36. The van der Waals surface area contributed by atoms with E-state index in [1.807, 2.05) is 18.2 Å². The van der Waals surface area contributed by atoms with Crippen molar-refractivity contribution in [2.45, 2.75) is 38.5 Å². The maximum absolute atomic E-state index is 13.5. The number of ether oxygens (including phenoxy) is 3. The van der Waals surface area contributed by atoms with Gasteiger partial charge in [-0.15, -0.1) is 0 Å². The second-order valence-corrected chi connectivity index (χ2v) is 8.06. The van der Waals surface area contributed by atoms with Crippen LogP contribution in [0, 0.1) is 0 Å². The van der Waals surface area contributed by atoms with Crippen LogP contribution in [0.25, 0.3) is 0 Å². The predicted octanol–water partition coefficient (Wildman–Crippen LogP) is 3.68. The van der Waals surface area contributed by atoms with Gasteiger partial charge in [0.1, 0.15) is 6.04 Å². The minimum absolute atomic E-state index is 0.0183. The third kappa shape index (κ3) is 5.72. The molecule has 32 heavy (non-hydrogen) atoms. The molecule has 0 unspecified atom stereocenters. The monoisotopic (exact) mass is 460 g/mol. The van der Waals surface area contributed by atoms with Gasteiger partial charge in [-0.1, -0.05) is 29.8 Å². The van der Waals surface area contributed by atoms with Gasteiger partial charge >= 0.3 is 0 Å². The Morgan fingerprint density at radius 1 is 1.19 bits per heavy atom. The Morgan fingerprint density at radius 2 is 1.94 bits per heavy atom. The summed E-state index contributed by atoms with van der Waals surface area (Å²) >= 11 is 6.35. The van der Waals surface area contributed by atoms with Crippen LogP contribution in [0.4, 0.5) is 0 Å². The molecule has 2 aromatic carbocycles. The fourth-order valence-electron chi connectivity index (χ4n) is 3.64. The highest BCUT2D eigenvalue weighted by atomic mass is 35.5. The summed E-state index contributed by atoms with van der Waals surface area (Å²) in [5.74, 6) is 0.391. The van der Waals surface area contributed by atoms with Gasteiger partial charge in [0.25, 0.3) is 5.91 Å². The number of rotatable bonds is 9. The molecule has 0 bridgehead atoms. The number of hydrogen-bond acceptors (Lipinski definition) is 5. The molecule has 0 aliphatic carbocycles. The largest absolute Gasteiger partial charge is 0.493 e. The molecule has 7 nitrogen and oxygen atoms in total. The van der Waals surface area contributed by atoms with Gasteiger partial charge in [0.2, 0.25) is 5.91 Å². The summed E-state index contributed by atoms with van der Waals surface area (Å²) < 4.78 is 16.2. The summed E-state index contributed by atoms with van der Waals surface area (Å²) in [6.07, 6.45) is 1.93. The molecule has 0 saturated carbocycles. The molecule has 1 saturated heterocycles. The number of amides is 2. The van der Waals surface area contributed by atoms with Crippen LogP contribution in [0.3, 0.4) is 0 Å². The number of nitrogens with one attached hydrogen (secondary N) is 1. The minimum Gasteiger partial charge on any atom is -0.493 e. The van der Waals surface area contributed by atoms with Crippen molar-refractivity contribution in [3.63, 3.8) is 0 Å². The molecule has 2 aromatic rings. The van der Waals surface area contributed by atoms with Crippen molar-refractivity contribution in [2.75, 3.05) is 27.4 Å². The van der Waals surface area contributed by atoms with E-state index in [4.69, 9.17) is 25.8 Å². The van der Waals surface area contributed by atoms with Crippen molar-refractivity contribution in [2.24, 2.45) is 0 Å². The molecule has 1 heterocycles. The van der Waals surface area contributed by atoms with E-state index in [0.717, 1.165) is 18.4 Å². The molecule has 172 valence electrons. The zero-order valence-electron chi connectivity index (χ0n) is 18.6. The van der Waals surface area contributed by atoms with Crippen LogP contribution in [0.2, 0.25) is 5.02 Å². The van der Waals surface area contributed by atoms with E-state index < -0.39 is 6.04 Å². The highest BCUT2D eigenvalue weighted by Crippen LogP contribution is 2.29. The molecule has 0 radical (unpaired) electrons. The molecule has 1 aliphatic rings. The molecule has 0 aromatic heterocycles. The first-order chi connectivity index (χ1) is 15.4. The molecule has 1 fully saturated rings. The van der Waals surface area contributed by atoms with E-state index in [9.17, 15) is 9.59 Å². The van der Waals surface area contributed by atoms with Crippen LogP contribution in [-0.2, 0) is 16.1 Å².